The second kappa shape index (κ2) is 15.6. The van der Waals surface area contributed by atoms with E-state index in [0.717, 1.165) is 61.0 Å². The fourth-order valence-corrected chi connectivity index (χ4v) is 7.19. The van der Waals surface area contributed by atoms with Crippen LogP contribution in [0, 0.1) is 0 Å². The first-order chi connectivity index (χ1) is 29.5. The predicted octanol–water partition coefficient (Wildman–Crippen LogP) is 6.33. The summed E-state index contributed by atoms with van der Waals surface area (Å²) in [5.41, 5.74) is 11.1. The van der Waals surface area contributed by atoms with Crippen LogP contribution in [0.4, 0.5) is 0 Å². The zero-order chi connectivity index (χ0) is 42.4. The number of aryl methyl sites for hydroxylation is 2. The van der Waals surface area contributed by atoms with Gasteiger partial charge in [-0.15, -0.1) is 20.4 Å². The lowest BCUT2D eigenvalue weighted by atomic mass is 9.98. The van der Waals surface area contributed by atoms with E-state index in [1.165, 1.54) is 6.92 Å². The average molecular weight is 809 g/mol. The molecular formula is C44H40N16O. The molecule has 2 unspecified atom stereocenters. The monoisotopic (exact) mass is 808 g/mol. The second-order valence-electron chi connectivity index (χ2n) is 15.0. The Morgan fingerprint density at radius 1 is 0.590 bits per heavy atom. The van der Waals surface area contributed by atoms with Crippen molar-refractivity contribution < 1.29 is 4.79 Å². The topological polar surface area (TPSA) is 203 Å². The fourth-order valence-electron chi connectivity index (χ4n) is 7.19. The molecule has 0 saturated carbocycles. The zero-order valence-electron chi connectivity index (χ0n) is 34.2. The van der Waals surface area contributed by atoms with Crippen LogP contribution in [-0.2, 0) is 14.1 Å². The normalized spacial score (nSPS) is 12.9. The quantitative estimate of drug-likeness (QED) is 0.0774. The molecule has 0 aliphatic heterocycles. The highest BCUT2D eigenvalue weighted by molar-refractivity contribution is 5.96. The van der Waals surface area contributed by atoms with Crippen LogP contribution in [-0.4, -0.2) is 80.6 Å². The summed E-state index contributed by atoms with van der Waals surface area (Å²) in [6.45, 7) is 7.46. The molecule has 0 aliphatic rings. The van der Waals surface area contributed by atoms with Gasteiger partial charge < -0.3 is 5.84 Å². The van der Waals surface area contributed by atoms with Crippen LogP contribution < -0.4 is 5.84 Å². The SMILES string of the molecule is C/C(=N\N)c1ccc2nnc(C(C)c3ccc4ncc(-c5cnn(C)c5)cc4c3)n2n1.CC(=O)c1ccc2nnc(C(C)c3ccc4ncc(-c5cnn(C)c5)cc4c3)n2n1. The minimum Gasteiger partial charge on any atom is -0.323 e. The van der Waals surface area contributed by atoms with Gasteiger partial charge in [-0.3, -0.25) is 24.1 Å². The predicted molar refractivity (Wildman–Crippen MR) is 231 cm³/mol. The van der Waals surface area contributed by atoms with Crippen molar-refractivity contribution in [3.63, 3.8) is 0 Å². The standard InChI is InChI=1S/C22H21N9.C22H19N7O/c1-13(22-28-27-21-7-6-19(14(2)26-23)29-31(21)22)15-4-5-20-16(8-15)9-17(10-24-20)18-11-25-30(3)12-18;1-13(22-26-25-21-7-6-19(14(2)30)27-29(21)22)15-4-5-20-16(8-15)9-17(10-23-20)18-11-24-28(3)12-18/h4-13H,23H2,1-3H3;4-13H,1-3H3/b26-14+;. The Balaban J connectivity index is 0.000000156. The highest BCUT2D eigenvalue weighted by Crippen LogP contribution is 2.30. The number of hydrazone groups is 1. The Morgan fingerprint density at radius 3 is 1.51 bits per heavy atom. The molecule has 0 spiro atoms. The largest absolute Gasteiger partial charge is 0.323 e. The number of rotatable bonds is 8. The van der Waals surface area contributed by atoms with E-state index < -0.39 is 0 Å². The van der Waals surface area contributed by atoms with E-state index in [2.05, 4.69) is 100 Å². The summed E-state index contributed by atoms with van der Waals surface area (Å²) in [5.74, 6) is 6.66. The zero-order valence-corrected chi connectivity index (χ0v) is 34.2. The number of aromatic nitrogens is 14. The van der Waals surface area contributed by atoms with Crippen molar-refractivity contribution >= 4 is 44.6 Å². The Bertz CT molecular complexity index is 3300. The van der Waals surface area contributed by atoms with E-state index in [4.69, 9.17) is 5.84 Å². The number of pyridine rings is 2. The molecule has 17 heteroatoms. The highest BCUT2D eigenvalue weighted by atomic mass is 16.1. The number of carbonyl (C=O) groups excluding carboxylic acids is 1. The highest BCUT2D eigenvalue weighted by Gasteiger charge is 2.20. The first-order valence-electron chi connectivity index (χ1n) is 19.5. The third kappa shape index (κ3) is 7.43. The third-order valence-corrected chi connectivity index (χ3v) is 10.8. The smallest absolute Gasteiger partial charge is 0.179 e. The van der Waals surface area contributed by atoms with Gasteiger partial charge in [-0.05, 0) is 78.7 Å². The molecule has 2 atom stereocenters. The number of ketones is 1. The van der Waals surface area contributed by atoms with Crippen molar-refractivity contribution in [2.75, 3.05) is 0 Å². The molecule has 0 bridgehead atoms. The van der Waals surface area contributed by atoms with E-state index in [9.17, 15) is 4.79 Å². The number of Topliss-reactive ketones (excluding diaryl/α,β-unsaturated/α-hetero) is 1. The van der Waals surface area contributed by atoms with Crippen LogP contribution >= 0.6 is 0 Å². The van der Waals surface area contributed by atoms with Gasteiger partial charge in [-0.25, -0.2) is 0 Å². The summed E-state index contributed by atoms with van der Waals surface area (Å²) in [5, 5.41) is 40.6. The van der Waals surface area contributed by atoms with Crippen molar-refractivity contribution in [2.45, 2.75) is 39.5 Å². The Kier molecular flexibility index (Phi) is 9.83. The van der Waals surface area contributed by atoms with Gasteiger partial charge >= 0.3 is 0 Å². The number of hydrogen-bond donors (Lipinski definition) is 1. The molecule has 10 aromatic rings. The number of nitrogens with zero attached hydrogens (tertiary/aromatic N) is 15. The molecule has 8 heterocycles. The second-order valence-corrected chi connectivity index (χ2v) is 15.0. The first kappa shape index (κ1) is 38.4. The Labute approximate surface area is 348 Å². The average Bonchev–Trinajstić information content (AvgIpc) is 4.11. The molecule has 0 amide bonds. The van der Waals surface area contributed by atoms with Gasteiger partial charge in [-0.1, -0.05) is 26.0 Å². The minimum absolute atomic E-state index is 0.0284. The molecule has 10 rings (SSSR count). The summed E-state index contributed by atoms with van der Waals surface area (Å²) in [6.07, 6.45) is 11.4. The van der Waals surface area contributed by atoms with Gasteiger partial charge in [0, 0.05) is 90.7 Å². The first-order valence-corrected chi connectivity index (χ1v) is 19.5. The summed E-state index contributed by atoms with van der Waals surface area (Å²) in [4.78, 5) is 20.9. The Hall–Kier alpha value is -8.08. The summed E-state index contributed by atoms with van der Waals surface area (Å²) in [6, 6.07) is 23.8. The lowest BCUT2D eigenvalue weighted by Crippen LogP contribution is -2.09. The molecule has 17 nitrogen and oxygen atoms in total. The Morgan fingerprint density at radius 2 is 1.07 bits per heavy atom. The molecule has 302 valence electrons. The molecule has 0 aliphatic carbocycles. The maximum Gasteiger partial charge on any atom is 0.179 e. The van der Waals surface area contributed by atoms with E-state index >= 15 is 0 Å². The number of carbonyl (C=O) groups is 1. The van der Waals surface area contributed by atoms with Gasteiger partial charge in [0.1, 0.15) is 11.4 Å². The van der Waals surface area contributed by atoms with Crippen molar-refractivity contribution in [3.05, 3.63) is 144 Å². The molecule has 0 saturated heterocycles. The summed E-state index contributed by atoms with van der Waals surface area (Å²) in [7, 11) is 3.80. The van der Waals surface area contributed by atoms with Crippen LogP contribution in [0.25, 0.3) is 55.4 Å². The molecule has 8 aromatic heterocycles. The fraction of sp³-hybridized carbons (Fsp3) is 0.182. The van der Waals surface area contributed by atoms with E-state index in [1.54, 1.807) is 30.5 Å². The number of nitrogens with two attached hydrogens (primary N) is 1. The van der Waals surface area contributed by atoms with Crippen LogP contribution in [0.5, 0.6) is 0 Å². The maximum atomic E-state index is 11.7. The lowest BCUT2D eigenvalue weighted by Gasteiger charge is -2.11. The van der Waals surface area contributed by atoms with Gasteiger partial charge in [0.05, 0.1) is 29.1 Å². The summed E-state index contributed by atoms with van der Waals surface area (Å²) < 4.78 is 6.96. The minimum atomic E-state index is -0.0936. The lowest BCUT2D eigenvalue weighted by molar-refractivity contribution is 0.101. The van der Waals surface area contributed by atoms with Crippen LogP contribution in [0.1, 0.15) is 78.5 Å². The van der Waals surface area contributed by atoms with Crippen LogP contribution in [0.2, 0.25) is 0 Å². The van der Waals surface area contributed by atoms with Crippen molar-refractivity contribution in [1.29, 1.82) is 0 Å². The van der Waals surface area contributed by atoms with E-state index in [0.29, 0.717) is 34.2 Å². The van der Waals surface area contributed by atoms with Gasteiger partial charge in [0.2, 0.25) is 0 Å². The molecule has 2 N–H and O–H groups in total. The van der Waals surface area contributed by atoms with E-state index in [-0.39, 0.29) is 17.6 Å². The van der Waals surface area contributed by atoms with Gasteiger partial charge in [0.15, 0.2) is 28.7 Å². The van der Waals surface area contributed by atoms with E-state index in [1.807, 2.05) is 88.5 Å². The van der Waals surface area contributed by atoms with Crippen molar-refractivity contribution in [2.24, 2.45) is 25.0 Å². The summed E-state index contributed by atoms with van der Waals surface area (Å²) >= 11 is 0. The number of fused-ring (bicyclic) bond motifs is 4. The molecule has 0 fully saturated rings. The van der Waals surface area contributed by atoms with Gasteiger partial charge in [-0.2, -0.15) is 34.5 Å². The molecule has 61 heavy (non-hydrogen) atoms. The number of hydrogen-bond acceptors (Lipinski definition) is 13. The molecular weight excluding hydrogens is 769 g/mol. The molecule has 0 radical (unpaired) electrons. The molecule has 2 aromatic carbocycles. The van der Waals surface area contributed by atoms with Crippen molar-refractivity contribution in [3.8, 4) is 22.3 Å². The van der Waals surface area contributed by atoms with Crippen LogP contribution in [0.3, 0.4) is 0 Å². The van der Waals surface area contributed by atoms with Gasteiger partial charge in [0.25, 0.3) is 0 Å². The maximum absolute atomic E-state index is 11.7. The third-order valence-electron chi connectivity index (χ3n) is 10.8. The van der Waals surface area contributed by atoms with Crippen molar-refractivity contribution in [1.82, 2.24) is 69.2 Å². The van der Waals surface area contributed by atoms with Crippen LogP contribution in [0.15, 0.2) is 115 Å². The number of benzene rings is 2.